The zero-order chi connectivity index (χ0) is 14.1. The molecule has 106 valence electrons. The van der Waals surface area contributed by atoms with Gasteiger partial charge in [-0.2, -0.15) is 4.98 Å². The van der Waals surface area contributed by atoms with Crippen molar-refractivity contribution in [3.8, 4) is 17.1 Å². The van der Waals surface area contributed by atoms with Gasteiger partial charge in [-0.25, -0.2) is 4.39 Å². The van der Waals surface area contributed by atoms with E-state index in [1.807, 2.05) is 0 Å². The Morgan fingerprint density at radius 2 is 2.35 bits per heavy atom. The van der Waals surface area contributed by atoms with Gasteiger partial charge < -0.3 is 19.7 Å². The molecule has 1 unspecified atom stereocenters. The molecule has 1 fully saturated rings. The fourth-order valence-electron chi connectivity index (χ4n) is 2.20. The minimum absolute atomic E-state index is 0.128. The van der Waals surface area contributed by atoms with E-state index in [9.17, 15) is 9.50 Å². The second kappa shape index (κ2) is 5.18. The third-order valence-electron chi connectivity index (χ3n) is 3.26. The van der Waals surface area contributed by atoms with Crippen molar-refractivity contribution in [2.45, 2.75) is 18.6 Å². The number of nitrogens with one attached hydrogen (secondary N) is 1. The van der Waals surface area contributed by atoms with E-state index < -0.39 is 11.9 Å². The number of benzene rings is 1. The van der Waals surface area contributed by atoms with E-state index >= 15 is 0 Å². The van der Waals surface area contributed by atoms with Crippen molar-refractivity contribution in [2.24, 2.45) is 0 Å². The van der Waals surface area contributed by atoms with Gasteiger partial charge in [-0.15, -0.1) is 0 Å². The number of aliphatic hydroxyl groups excluding tert-OH is 1. The van der Waals surface area contributed by atoms with Crippen molar-refractivity contribution in [1.82, 2.24) is 15.5 Å². The molecule has 2 atom stereocenters. The van der Waals surface area contributed by atoms with E-state index in [2.05, 4.69) is 15.5 Å². The van der Waals surface area contributed by atoms with Crippen molar-refractivity contribution in [1.29, 1.82) is 0 Å². The molecule has 20 heavy (non-hydrogen) atoms. The number of ether oxygens (including phenoxy) is 1. The van der Waals surface area contributed by atoms with Crippen LogP contribution in [0.1, 0.15) is 18.4 Å². The highest BCUT2D eigenvalue weighted by atomic mass is 19.1. The van der Waals surface area contributed by atoms with Gasteiger partial charge in [-0.3, -0.25) is 0 Å². The Hall–Kier alpha value is -1.99. The third-order valence-corrected chi connectivity index (χ3v) is 3.26. The van der Waals surface area contributed by atoms with Gasteiger partial charge in [-0.1, -0.05) is 5.16 Å². The fraction of sp³-hybridized carbons (Fsp3) is 0.385. The summed E-state index contributed by atoms with van der Waals surface area (Å²) in [6.07, 6.45) is 0.134. The first-order valence-electron chi connectivity index (χ1n) is 6.26. The van der Waals surface area contributed by atoms with Crippen molar-refractivity contribution < 1.29 is 18.8 Å². The predicted octanol–water partition coefficient (Wildman–Crippen LogP) is 1.28. The molecule has 0 amide bonds. The minimum atomic E-state index is -0.444. The van der Waals surface area contributed by atoms with Crippen LogP contribution in [-0.4, -0.2) is 35.0 Å². The maximum Gasteiger partial charge on any atom is 0.244 e. The van der Waals surface area contributed by atoms with Gasteiger partial charge in [0.2, 0.25) is 11.7 Å². The van der Waals surface area contributed by atoms with Crippen LogP contribution in [-0.2, 0) is 0 Å². The fourth-order valence-corrected chi connectivity index (χ4v) is 2.20. The summed E-state index contributed by atoms with van der Waals surface area (Å²) in [5.74, 6) is 0.463. The molecule has 0 radical (unpaired) electrons. The Morgan fingerprint density at radius 3 is 3.05 bits per heavy atom. The molecule has 3 rings (SSSR count). The summed E-state index contributed by atoms with van der Waals surface area (Å²) in [5, 5.41) is 16.4. The lowest BCUT2D eigenvalue weighted by atomic mass is 10.2. The van der Waals surface area contributed by atoms with Crippen LogP contribution >= 0.6 is 0 Å². The Bertz CT molecular complexity index is 617. The average molecular weight is 279 g/mol. The number of β-amino-alcohol motifs (C(OH)–C–C–N with tert-alkyl or cyclic N) is 1. The highest BCUT2D eigenvalue weighted by Gasteiger charge is 2.28. The molecule has 0 saturated carbocycles. The molecule has 6 nitrogen and oxygen atoms in total. The number of methoxy groups -OCH3 is 1. The highest BCUT2D eigenvalue weighted by molar-refractivity contribution is 5.57. The molecule has 1 saturated heterocycles. The SMILES string of the molecule is COc1cc(-c2noc([C@@H]3CC(O)CN3)n2)ccc1F. The molecular formula is C13H14FN3O3. The zero-order valence-electron chi connectivity index (χ0n) is 10.8. The number of hydrogen-bond acceptors (Lipinski definition) is 6. The summed E-state index contributed by atoms with van der Waals surface area (Å²) >= 11 is 0. The van der Waals surface area contributed by atoms with Crippen molar-refractivity contribution >= 4 is 0 Å². The van der Waals surface area contributed by atoms with Crippen LogP contribution in [0.15, 0.2) is 22.7 Å². The number of halogens is 1. The number of aliphatic hydroxyl groups is 1. The molecule has 1 aliphatic heterocycles. The Labute approximate surface area is 114 Å². The molecule has 0 bridgehead atoms. The lowest BCUT2D eigenvalue weighted by Crippen LogP contribution is -2.15. The number of rotatable bonds is 3. The van der Waals surface area contributed by atoms with E-state index in [0.29, 0.717) is 30.2 Å². The Morgan fingerprint density at radius 1 is 1.50 bits per heavy atom. The molecule has 2 N–H and O–H groups in total. The van der Waals surface area contributed by atoms with Gasteiger partial charge in [0.1, 0.15) is 0 Å². The standard InChI is InChI=1S/C13H14FN3O3/c1-19-11-4-7(2-3-9(11)14)12-16-13(20-17-12)10-5-8(18)6-15-10/h2-4,8,10,15,18H,5-6H2,1H3/t8?,10-/m0/s1. The van der Waals surface area contributed by atoms with Crippen LogP contribution in [0.5, 0.6) is 5.75 Å². The van der Waals surface area contributed by atoms with Crippen LogP contribution in [0.25, 0.3) is 11.4 Å². The lowest BCUT2D eigenvalue weighted by molar-refractivity contribution is 0.191. The minimum Gasteiger partial charge on any atom is -0.494 e. The maximum atomic E-state index is 13.4. The van der Waals surface area contributed by atoms with E-state index in [1.165, 1.54) is 19.2 Å². The van der Waals surface area contributed by atoms with E-state index in [4.69, 9.17) is 9.26 Å². The smallest absolute Gasteiger partial charge is 0.244 e. The molecule has 1 aromatic heterocycles. The monoisotopic (exact) mass is 279 g/mol. The summed E-state index contributed by atoms with van der Waals surface area (Å²) in [5.41, 5.74) is 0.608. The van der Waals surface area contributed by atoms with Crippen LogP contribution in [0.3, 0.4) is 0 Å². The molecular weight excluding hydrogens is 265 g/mol. The van der Waals surface area contributed by atoms with Crippen LogP contribution in [0.4, 0.5) is 4.39 Å². The molecule has 2 aromatic rings. The number of nitrogens with zero attached hydrogens (tertiary/aromatic N) is 2. The zero-order valence-corrected chi connectivity index (χ0v) is 10.8. The molecule has 1 aliphatic rings. The van der Waals surface area contributed by atoms with E-state index in [-0.39, 0.29) is 11.8 Å². The molecule has 1 aromatic carbocycles. The summed E-state index contributed by atoms with van der Waals surface area (Å²) in [6.45, 7) is 0.507. The quantitative estimate of drug-likeness (QED) is 0.881. The predicted molar refractivity (Wildman–Crippen MR) is 67.6 cm³/mol. The Kier molecular flexibility index (Phi) is 3.37. The molecule has 7 heteroatoms. The van der Waals surface area contributed by atoms with Crippen LogP contribution < -0.4 is 10.1 Å². The largest absolute Gasteiger partial charge is 0.494 e. The van der Waals surface area contributed by atoms with Crippen molar-refractivity contribution in [3.05, 3.63) is 29.9 Å². The first-order valence-corrected chi connectivity index (χ1v) is 6.26. The van der Waals surface area contributed by atoms with Gasteiger partial charge in [0, 0.05) is 12.1 Å². The Balaban J connectivity index is 1.86. The molecule has 2 heterocycles. The highest BCUT2D eigenvalue weighted by Crippen LogP contribution is 2.27. The van der Waals surface area contributed by atoms with E-state index in [0.717, 1.165) is 0 Å². The first kappa shape index (κ1) is 13.0. The topological polar surface area (TPSA) is 80.4 Å². The van der Waals surface area contributed by atoms with Crippen molar-refractivity contribution in [2.75, 3.05) is 13.7 Å². The summed E-state index contributed by atoms with van der Waals surface area (Å²) in [7, 11) is 1.40. The van der Waals surface area contributed by atoms with Gasteiger partial charge >= 0.3 is 0 Å². The second-order valence-corrected chi connectivity index (χ2v) is 4.66. The normalized spacial score (nSPS) is 22.1. The maximum absolute atomic E-state index is 13.4. The van der Waals surface area contributed by atoms with Crippen molar-refractivity contribution in [3.63, 3.8) is 0 Å². The second-order valence-electron chi connectivity index (χ2n) is 4.66. The third kappa shape index (κ3) is 2.37. The lowest BCUT2D eigenvalue weighted by Gasteiger charge is -2.03. The van der Waals surface area contributed by atoms with Gasteiger partial charge in [0.15, 0.2) is 11.6 Å². The summed E-state index contributed by atoms with van der Waals surface area (Å²) in [6, 6.07) is 4.22. The van der Waals surface area contributed by atoms with Gasteiger partial charge in [-0.05, 0) is 24.6 Å². The average Bonchev–Trinajstić information content (AvgIpc) is 3.08. The number of aromatic nitrogens is 2. The number of hydrogen-bond donors (Lipinski definition) is 2. The van der Waals surface area contributed by atoms with Gasteiger partial charge in [0.05, 0.1) is 19.3 Å². The first-order chi connectivity index (χ1) is 9.67. The molecule has 0 spiro atoms. The molecule has 0 aliphatic carbocycles. The van der Waals surface area contributed by atoms with E-state index in [1.54, 1.807) is 6.07 Å². The van der Waals surface area contributed by atoms with Crippen LogP contribution in [0, 0.1) is 5.82 Å². The van der Waals surface area contributed by atoms with Gasteiger partial charge in [0.25, 0.3) is 0 Å². The summed E-state index contributed by atoms with van der Waals surface area (Å²) in [4.78, 5) is 4.27. The summed E-state index contributed by atoms with van der Waals surface area (Å²) < 4.78 is 23.5. The van der Waals surface area contributed by atoms with Crippen LogP contribution in [0.2, 0.25) is 0 Å².